The molecule has 1 fully saturated rings. The number of benzene rings is 2. The maximum absolute atomic E-state index is 12.5. The molecule has 1 aliphatic rings. The molecule has 2 aromatic carbocycles. The van der Waals surface area contributed by atoms with Crippen molar-refractivity contribution < 1.29 is 4.79 Å². The zero-order valence-corrected chi connectivity index (χ0v) is 13.8. The molecule has 0 saturated carbocycles. The van der Waals surface area contributed by atoms with Gasteiger partial charge in [0, 0.05) is 49.9 Å². The van der Waals surface area contributed by atoms with E-state index in [0.717, 1.165) is 29.8 Å². The summed E-state index contributed by atoms with van der Waals surface area (Å²) in [7, 11) is 0. The van der Waals surface area contributed by atoms with Crippen LogP contribution >= 0.6 is 0 Å². The molecule has 2 amide bonds. The van der Waals surface area contributed by atoms with Crippen molar-refractivity contribution in [1.29, 1.82) is 0 Å². The number of nitrogens with one attached hydrogen (secondary N) is 1. The SMILES string of the molecule is O=C(Nc1ccc2nccnc2c1)N1CCN(c2ccccc2)CC1. The third kappa shape index (κ3) is 3.38. The molecule has 0 unspecified atom stereocenters. The number of rotatable bonds is 2. The maximum Gasteiger partial charge on any atom is 0.321 e. The van der Waals surface area contributed by atoms with Gasteiger partial charge in [-0.25, -0.2) is 4.79 Å². The molecule has 1 aliphatic heterocycles. The van der Waals surface area contributed by atoms with Crippen LogP contribution in [0, 0.1) is 0 Å². The Morgan fingerprint density at radius 1 is 0.880 bits per heavy atom. The van der Waals surface area contributed by atoms with E-state index in [1.165, 1.54) is 5.69 Å². The van der Waals surface area contributed by atoms with Crippen LogP contribution in [0.3, 0.4) is 0 Å². The Morgan fingerprint density at radius 2 is 1.60 bits per heavy atom. The number of hydrogen-bond acceptors (Lipinski definition) is 4. The fourth-order valence-corrected chi connectivity index (χ4v) is 3.05. The summed E-state index contributed by atoms with van der Waals surface area (Å²) in [6, 6.07) is 15.8. The number of carbonyl (C=O) groups excluding carboxylic acids is 1. The first kappa shape index (κ1) is 15.4. The van der Waals surface area contributed by atoms with Crippen molar-refractivity contribution in [3.63, 3.8) is 0 Å². The summed E-state index contributed by atoms with van der Waals surface area (Å²) in [5, 5.41) is 2.96. The first-order valence-electron chi connectivity index (χ1n) is 8.36. The van der Waals surface area contributed by atoms with Crippen LogP contribution in [0.4, 0.5) is 16.2 Å². The van der Waals surface area contributed by atoms with E-state index in [2.05, 4.69) is 32.3 Å². The quantitative estimate of drug-likeness (QED) is 0.783. The van der Waals surface area contributed by atoms with Crippen LogP contribution in [-0.2, 0) is 0 Å². The summed E-state index contributed by atoms with van der Waals surface area (Å²) in [4.78, 5) is 25.2. The highest BCUT2D eigenvalue weighted by Crippen LogP contribution is 2.18. The van der Waals surface area contributed by atoms with E-state index >= 15 is 0 Å². The molecule has 2 heterocycles. The van der Waals surface area contributed by atoms with Gasteiger partial charge in [0.05, 0.1) is 11.0 Å². The molecular formula is C19H19N5O. The molecule has 6 nitrogen and oxygen atoms in total. The van der Waals surface area contributed by atoms with E-state index in [4.69, 9.17) is 0 Å². The molecule has 3 aromatic rings. The lowest BCUT2D eigenvalue weighted by atomic mass is 10.2. The van der Waals surface area contributed by atoms with Gasteiger partial charge in [-0.15, -0.1) is 0 Å². The molecule has 0 aliphatic carbocycles. The van der Waals surface area contributed by atoms with Crippen LogP contribution in [0.15, 0.2) is 60.9 Å². The zero-order chi connectivity index (χ0) is 17.1. The zero-order valence-electron chi connectivity index (χ0n) is 13.8. The molecule has 4 rings (SSSR count). The summed E-state index contributed by atoms with van der Waals surface area (Å²) in [5.74, 6) is 0. The van der Waals surface area contributed by atoms with Crippen molar-refractivity contribution in [1.82, 2.24) is 14.9 Å². The van der Waals surface area contributed by atoms with Crippen molar-refractivity contribution >= 4 is 28.4 Å². The summed E-state index contributed by atoms with van der Waals surface area (Å²) in [6.07, 6.45) is 3.31. The van der Waals surface area contributed by atoms with Crippen LogP contribution in [0.2, 0.25) is 0 Å². The Bertz CT molecular complexity index is 875. The predicted molar refractivity (Wildman–Crippen MR) is 98.8 cm³/mol. The highest BCUT2D eigenvalue weighted by Gasteiger charge is 2.21. The predicted octanol–water partition coefficient (Wildman–Crippen LogP) is 2.98. The number of nitrogens with zero attached hydrogens (tertiary/aromatic N) is 4. The molecule has 6 heteroatoms. The third-order valence-corrected chi connectivity index (χ3v) is 4.41. The van der Waals surface area contributed by atoms with Gasteiger partial charge in [-0.1, -0.05) is 18.2 Å². The molecule has 0 atom stereocenters. The second-order valence-corrected chi connectivity index (χ2v) is 6.00. The van der Waals surface area contributed by atoms with Crippen LogP contribution < -0.4 is 10.2 Å². The number of anilines is 2. The lowest BCUT2D eigenvalue weighted by Crippen LogP contribution is -2.50. The average Bonchev–Trinajstić information content (AvgIpc) is 2.69. The number of amides is 2. The summed E-state index contributed by atoms with van der Waals surface area (Å²) in [5.41, 5.74) is 3.53. The number of hydrogen-bond donors (Lipinski definition) is 1. The number of para-hydroxylation sites is 1. The second-order valence-electron chi connectivity index (χ2n) is 6.00. The summed E-state index contributed by atoms with van der Waals surface area (Å²) in [6.45, 7) is 3.07. The molecule has 126 valence electrons. The first-order valence-corrected chi connectivity index (χ1v) is 8.36. The van der Waals surface area contributed by atoms with Crippen LogP contribution in [0.1, 0.15) is 0 Å². The van der Waals surface area contributed by atoms with E-state index in [0.29, 0.717) is 13.1 Å². The molecule has 1 saturated heterocycles. The number of fused-ring (bicyclic) bond motifs is 1. The molecular weight excluding hydrogens is 314 g/mol. The van der Waals surface area contributed by atoms with E-state index < -0.39 is 0 Å². The highest BCUT2D eigenvalue weighted by molar-refractivity contribution is 5.92. The largest absolute Gasteiger partial charge is 0.368 e. The summed E-state index contributed by atoms with van der Waals surface area (Å²) < 4.78 is 0. The summed E-state index contributed by atoms with van der Waals surface area (Å²) >= 11 is 0. The van der Waals surface area contributed by atoms with E-state index in [-0.39, 0.29) is 6.03 Å². The minimum absolute atomic E-state index is 0.0732. The number of urea groups is 1. The van der Waals surface area contributed by atoms with E-state index in [9.17, 15) is 4.79 Å². The average molecular weight is 333 g/mol. The molecule has 1 N–H and O–H groups in total. The molecule has 0 radical (unpaired) electrons. The van der Waals surface area contributed by atoms with Crippen LogP contribution in [0.25, 0.3) is 11.0 Å². The molecule has 0 spiro atoms. The minimum atomic E-state index is -0.0732. The van der Waals surface area contributed by atoms with Gasteiger partial charge in [0.15, 0.2) is 0 Å². The van der Waals surface area contributed by atoms with Gasteiger partial charge in [0.2, 0.25) is 0 Å². The Balaban J connectivity index is 1.38. The van der Waals surface area contributed by atoms with Gasteiger partial charge in [0.1, 0.15) is 0 Å². The fraction of sp³-hybridized carbons (Fsp3) is 0.211. The van der Waals surface area contributed by atoms with E-state index in [1.54, 1.807) is 12.4 Å². The Morgan fingerprint density at radius 3 is 2.36 bits per heavy atom. The van der Waals surface area contributed by atoms with Crippen molar-refractivity contribution in [2.75, 3.05) is 36.4 Å². The minimum Gasteiger partial charge on any atom is -0.368 e. The molecule has 0 bridgehead atoms. The van der Waals surface area contributed by atoms with Gasteiger partial charge in [-0.2, -0.15) is 0 Å². The molecule has 1 aromatic heterocycles. The third-order valence-electron chi connectivity index (χ3n) is 4.41. The first-order chi connectivity index (χ1) is 12.3. The maximum atomic E-state index is 12.5. The van der Waals surface area contributed by atoms with Gasteiger partial charge >= 0.3 is 6.03 Å². The van der Waals surface area contributed by atoms with Crippen LogP contribution in [-0.4, -0.2) is 47.1 Å². The van der Waals surface area contributed by atoms with Gasteiger partial charge in [-0.3, -0.25) is 9.97 Å². The Labute approximate surface area is 146 Å². The lowest BCUT2D eigenvalue weighted by molar-refractivity contribution is 0.208. The fourth-order valence-electron chi connectivity index (χ4n) is 3.05. The number of carbonyl (C=O) groups is 1. The lowest BCUT2D eigenvalue weighted by Gasteiger charge is -2.36. The smallest absolute Gasteiger partial charge is 0.321 e. The topological polar surface area (TPSA) is 61.4 Å². The Hall–Kier alpha value is -3.15. The van der Waals surface area contributed by atoms with Crippen molar-refractivity contribution in [3.8, 4) is 0 Å². The van der Waals surface area contributed by atoms with Crippen molar-refractivity contribution in [2.45, 2.75) is 0 Å². The number of piperazine rings is 1. The van der Waals surface area contributed by atoms with Gasteiger partial charge in [0.25, 0.3) is 0 Å². The van der Waals surface area contributed by atoms with Crippen LogP contribution in [0.5, 0.6) is 0 Å². The normalized spacial score (nSPS) is 14.6. The monoisotopic (exact) mass is 333 g/mol. The second kappa shape index (κ2) is 6.76. The van der Waals surface area contributed by atoms with Gasteiger partial charge in [-0.05, 0) is 30.3 Å². The Kier molecular flexibility index (Phi) is 4.16. The van der Waals surface area contributed by atoms with E-state index in [1.807, 2.05) is 41.3 Å². The van der Waals surface area contributed by atoms with Crippen molar-refractivity contribution in [2.24, 2.45) is 0 Å². The van der Waals surface area contributed by atoms with Crippen molar-refractivity contribution in [3.05, 3.63) is 60.9 Å². The van der Waals surface area contributed by atoms with Gasteiger partial charge < -0.3 is 15.1 Å². The standard InChI is InChI=1S/C19H19N5O/c25-19(22-15-6-7-17-18(14-15)21-9-8-20-17)24-12-10-23(11-13-24)16-4-2-1-3-5-16/h1-9,14H,10-13H2,(H,22,25). The molecule has 25 heavy (non-hydrogen) atoms. The number of aromatic nitrogens is 2. The highest BCUT2D eigenvalue weighted by atomic mass is 16.2.